The molecular formula is C17H21N5O. The molecule has 6 nitrogen and oxygen atoms in total. The molecular weight excluding hydrogens is 290 g/mol. The second-order valence-electron chi connectivity index (χ2n) is 6.20. The number of fused-ring (bicyclic) bond motifs is 3. The molecule has 1 atom stereocenters. The maximum Gasteiger partial charge on any atom is 0.274 e. The summed E-state index contributed by atoms with van der Waals surface area (Å²) in [6.45, 7) is 5.14. The Labute approximate surface area is 135 Å². The Morgan fingerprint density at radius 2 is 2.30 bits per heavy atom. The van der Waals surface area contributed by atoms with Crippen LogP contribution in [0.3, 0.4) is 0 Å². The van der Waals surface area contributed by atoms with Crippen LogP contribution in [0.2, 0.25) is 0 Å². The molecule has 2 aliphatic rings. The van der Waals surface area contributed by atoms with Crippen LogP contribution in [0.15, 0.2) is 30.6 Å². The number of hydrogen-bond donors (Lipinski definition) is 0. The van der Waals surface area contributed by atoms with E-state index in [1.807, 2.05) is 36.4 Å². The van der Waals surface area contributed by atoms with Crippen LogP contribution in [0, 0.1) is 0 Å². The molecule has 1 fully saturated rings. The highest BCUT2D eigenvalue weighted by molar-refractivity contribution is 5.92. The lowest BCUT2D eigenvalue weighted by molar-refractivity contribution is 0.0729. The molecule has 0 radical (unpaired) electrons. The lowest BCUT2D eigenvalue weighted by Crippen LogP contribution is -2.40. The topological polar surface area (TPSA) is 54.3 Å². The number of aryl methyl sites for hydroxylation is 1. The summed E-state index contributed by atoms with van der Waals surface area (Å²) < 4.78 is 1.79. The lowest BCUT2D eigenvalue weighted by Gasteiger charge is -2.27. The van der Waals surface area contributed by atoms with Crippen molar-refractivity contribution in [2.24, 2.45) is 0 Å². The number of rotatable bonds is 2. The summed E-state index contributed by atoms with van der Waals surface area (Å²) in [4.78, 5) is 21.7. The maximum absolute atomic E-state index is 12.9. The van der Waals surface area contributed by atoms with Gasteiger partial charge in [-0.05, 0) is 38.0 Å². The van der Waals surface area contributed by atoms with Gasteiger partial charge in [-0.15, -0.1) is 0 Å². The van der Waals surface area contributed by atoms with Gasteiger partial charge in [0.05, 0.1) is 17.9 Å². The molecule has 0 N–H and O–H groups in total. The van der Waals surface area contributed by atoms with Gasteiger partial charge in [-0.25, -0.2) is 0 Å². The van der Waals surface area contributed by atoms with Gasteiger partial charge in [0.15, 0.2) is 0 Å². The van der Waals surface area contributed by atoms with Crippen molar-refractivity contribution in [1.29, 1.82) is 0 Å². The summed E-state index contributed by atoms with van der Waals surface area (Å²) >= 11 is 0. The van der Waals surface area contributed by atoms with E-state index in [-0.39, 0.29) is 5.91 Å². The fraction of sp³-hybridized carbons (Fsp3) is 0.471. The van der Waals surface area contributed by atoms with Crippen LogP contribution in [-0.2, 0) is 13.1 Å². The molecule has 0 saturated carbocycles. The van der Waals surface area contributed by atoms with Gasteiger partial charge in [-0.3, -0.25) is 14.5 Å². The molecule has 0 aliphatic carbocycles. The zero-order chi connectivity index (χ0) is 15.8. The Hall–Kier alpha value is -2.37. The Kier molecular flexibility index (Phi) is 3.52. The van der Waals surface area contributed by atoms with Gasteiger partial charge in [-0.2, -0.15) is 5.10 Å². The molecule has 0 spiro atoms. The van der Waals surface area contributed by atoms with E-state index in [0.717, 1.165) is 31.7 Å². The normalized spacial score (nSPS) is 20.1. The fourth-order valence-corrected chi connectivity index (χ4v) is 3.62. The van der Waals surface area contributed by atoms with Crippen molar-refractivity contribution in [2.75, 3.05) is 18.0 Å². The van der Waals surface area contributed by atoms with Gasteiger partial charge < -0.3 is 9.80 Å². The highest BCUT2D eigenvalue weighted by atomic mass is 16.2. The number of carbonyl (C=O) groups excluding carboxylic acids is 1. The van der Waals surface area contributed by atoms with Crippen molar-refractivity contribution in [3.05, 3.63) is 42.0 Å². The zero-order valence-electron chi connectivity index (χ0n) is 13.4. The van der Waals surface area contributed by atoms with E-state index in [0.29, 0.717) is 18.3 Å². The van der Waals surface area contributed by atoms with Crippen molar-refractivity contribution in [2.45, 2.75) is 38.9 Å². The van der Waals surface area contributed by atoms with E-state index in [9.17, 15) is 4.79 Å². The SMILES string of the molecule is CCn1ccc(C(=O)N2Cc3ncccc3N3CCC[C@H]3C2)n1. The second-order valence-corrected chi connectivity index (χ2v) is 6.20. The van der Waals surface area contributed by atoms with E-state index in [2.05, 4.69) is 21.0 Å². The highest BCUT2D eigenvalue weighted by Crippen LogP contribution is 2.32. The van der Waals surface area contributed by atoms with Crippen molar-refractivity contribution in [3.63, 3.8) is 0 Å². The largest absolute Gasteiger partial charge is 0.365 e. The maximum atomic E-state index is 12.9. The van der Waals surface area contributed by atoms with Crippen LogP contribution in [0.4, 0.5) is 5.69 Å². The number of aromatic nitrogens is 3. The Morgan fingerprint density at radius 3 is 3.13 bits per heavy atom. The third-order valence-corrected chi connectivity index (χ3v) is 4.80. The summed E-state index contributed by atoms with van der Waals surface area (Å²) in [5, 5.41) is 4.37. The van der Waals surface area contributed by atoms with Crippen LogP contribution in [-0.4, -0.2) is 44.7 Å². The van der Waals surface area contributed by atoms with Gasteiger partial charge in [-0.1, -0.05) is 0 Å². The summed E-state index contributed by atoms with van der Waals surface area (Å²) in [6, 6.07) is 6.30. The van der Waals surface area contributed by atoms with Crippen LogP contribution in [0.5, 0.6) is 0 Å². The third kappa shape index (κ3) is 2.48. The van der Waals surface area contributed by atoms with E-state index < -0.39 is 0 Å². The fourth-order valence-electron chi connectivity index (χ4n) is 3.62. The standard InChI is InChI=1S/C17H21N5O/c1-2-21-10-7-14(19-21)17(23)20-11-13-5-4-9-22(13)16-6-3-8-18-15(16)12-20/h3,6-8,10,13H,2,4-5,9,11-12H2,1H3/t13-/m0/s1. The number of hydrogen-bond acceptors (Lipinski definition) is 4. The zero-order valence-corrected chi connectivity index (χ0v) is 13.4. The highest BCUT2D eigenvalue weighted by Gasteiger charge is 2.34. The smallest absolute Gasteiger partial charge is 0.274 e. The molecule has 0 unspecified atom stereocenters. The molecule has 23 heavy (non-hydrogen) atoms. The monoisotopic (exact) mass is 311 g/mol. The quantitative estimate of drug-likeness (QED) is 0.850. The minimum atomic E-state index is 0.00236. The molecule has 2 aliphatic heterocycles. The number of carbonyl (C=O) groups is 1. The Bertz CT molecular complexity index is 725. The predicted molar refractivity (Wildman–Crippen MR) is 87.2 cm³/mol. The number of pyridine rings is 1. The van der Waals surface area contributed by atoms with Crippen molar-refractivity contribution >= 4 is 11.6 Å². The van der Waals surface area contributed by atoms with Gasteiger partial charge in [0, 0.05) is 38.1 Å². The third-order valence-electron chi connectivity index (χ3n) is 4.80. The number of anilines is 1. The molecule has 2 aromatic heterocycles. The van der Waals surface area contributed by atoms with Gasteiger partial charge in [0.2, 0.25) is 0 Å². The number of nitrogens with zero attached hydrogens (tertiary/aromatic N) is 5. The summed E-state index contributed by atoms with van der Waals surface area (Å²) in [7, 11) is 0. The van der Waals surface area contributed by atoms with E-state index in [1.165, 1.54) is 12.1 Å². The second kappa shape index (κ2) is 5.68. The first kappa shape index (κ1) is 14.2. The molecule has 4 rings (SSSR count). The minimum Gasteiger partial charge on any atom is -0.365 e. The molecule has 2 aromatic rings. The molecule has 0 bridgehead atoms. The first-order valence-corrected chi connectivity index (χ1v) is 8.29. The molecule has 1 saturated heterocycles. The summed E-state index contributed by atoms with van der Waals surface area (Å²) in [6.07, 6.45) is 5.97. The van der Waals surface area contributed by atoms with Crippen molar-refractivity contribution in [1.82, 2.24) is 19.7 Å². The minimum absolute atomic E-state index is 0.00236. The summed E-state index contributed by atoms with van der Waals surface area (Å²) in [5.41, 5.74) is 2.69. The van der Waals surface area contributed by atoms with Crippen LogP contribution in [0.1, 0.15) is 35.9 Å². The van der Waals surface area contributed by atoms with Crippen molar-refractivity contribution < 1.29 is 4.79 Å². The van der Waals surface area contributed by atoms with Crippen LogP contribution >= 0.6 is 0 Å². The molecule has 1 amide bonds. The van der Waals surface area contributed by atoms with Gasteiger partial charge in [0.1, 0.15) is 5.69 Å². The molecule has 6 heteroatoms. The van der Waals surface area contributed by atoms with E-state index in [4.69, 9.17) is 0 Å². The lowest BCUT2D eigenvalue weighted by atomic mass is 10.2. The predicted octanol–water partition coefficient (Wildman–Crippen LogP) is 1.92. The Balaban J connectivity index is 1.66. The molecule has 0 aromatic carbocycles. The van der Waals surface area contributed by atoms with Crippen molar-refractivity contribution in [3.8, 4) is 0 Å². The average molecular weight is 311 g/mol. The van der Waals surface area contributed by atoms with E-state index >= 15 is 0 Å². The first-order valence-electron chi connectivity index (χ1n) is 8.29. The first-order chi connectivity index (χ1) is 11.3. The Morgan fingerprint density at radius 1 is 1.39 bits per heavy atom. The average Bonchev–Trinajstić information content (AvgIpc) is 3.20. The van der Waals surface area contributed by atoms with Crippen LogP contribution < -0.4 is 4.90 Å². The number of amides is 1. The van der Waals surface area contributed by atoms with Crippen LogP contribution in [0.25, 0.3) is 0 Å². The summed E-state index contributed by atoms with van der Waals surface area (Å²) in [5.74, 6) is 0.00236. The van der Waals surface area contributed by atoms with E-state index in [1.54, 1.807) is 4.68 Å². The molecule has 4 heterocycles. The van der Waals surface area contributed by atoms with Gasteiger partial charge >= 0.3 is 0 Å². The van der Waals surface area contributed by atoms with Gasteiger partial charge in [0.25, 0.3) is 5.91 Å². The molecule has 120 valence electrons.